The maximum absolute atomic E-state index is 13.3. The molecule has 1 heterocycles. The third-order valence-electron chi connectivity index (χ3n) is 4.17. The number of nitrogens with zero attached hydrogens (tertiary/aromatic N) is 2. The second kappa shape index (κ2) is 8.91. The summed E-state index contributed by atoms with van der Waals surface area (Å²) in [5, 5.41) is 14.6. The van der Waals surface area contributed by atoms with Gasteiger partial charge in [0, 0.05) is 11.4 Å². The Kier molecular flexibility index (Phi) is 5.89. The van der Waals surface area contributed by atoms with Crippen LogP contribution in [0.1, 0.15) is 10.6 Å². The smallest absolute Gasteiger partial charge is 0.137 e. The highest BCUT2D eigenvalue weighted by Crippen LogP contribution is 2.34. The van der Waals surface area contributed by atoms with Crippen LogP contribution >= 0.6 is 23.1 Å². The number of aromatic nitrogens is 1. The van der Waals surface area contributed by atoms with Gasteiger partial charge in [0.05, 0.1) is 15.2 Å². The number of rotatable bonds is 6. The Morgan fingerprint density at radius 2 is 1.72 bits per heavy atom. The predicted molar refractivity (Wildman–Crippen MR) is 120 cm³/mol. The number of anilines is 1. The monoisotopic (exact) mass is 417 g/mol. The fraction of sp³-hybridized carbons (Fsp3) is 0.0435. The Hall–Kier alpha value is -3.14. The van der Waals surface area contributed by atoms with E-state index in [-0.39, 0.29) is 5.82 Å². The normalized spacial score (nSPS) is 11.7. The lowest BCUT2D eigenvalue weighted by Gasteiger charge is -2.12. The Labute approximate surface area is 176 Å². The van der Waals surface area contributed by atoms with Crippen LogP contribution in [0.15, 0.2) is 83.9 Å². The molecule has 0 aliphatic heterocycles. The number of hydrogen-bond acceptors (Lipinski definition) is 5. The fourth-order valence-electron chi connectivity index (χ4n) is 2.74. The van der Waals surface area contributed by atoms with Gasteiger partial charge in [0.2, 0.25) is 0 Å². The molecule has 0 fully saturated rings. The van der Waals surface area contributed by atoms with Crippen LogP contribution in [0.2, 0.25) is 0 Å². The highest BCUT2D eigenvalue weighted by Gasteiger charge is 2.15. The highest BCUT2D eigenvalue weighted by molar-refractivity contribution is 8.02. The van der Waals surface area contributed by atoms with Crippen molar-refractivity contribution in [3.8, 4) is 6.07 Å². The Balaban J connectivity index is 1.72. The molecule has 0 saturated carbocycles. The van der Waals surface area contributed by atoms with E-state index in [1.165, 1.54) is 35.2 Å². The molecule has 0 unspecified atom stereocenters. The maximum Gasteiger partial charge on any atom is 0.137 e. The summed E-state index contributed by atoms with van der Waals surface area (Å²) >= 11 is 3.02. The minimum atomic E-state index is -0.301. The quantitative estimate of drug-likeness (QED) is 0.356. The van der Waals surface area contributed by atoms with E-state index in [1.54, 1.807) is 12.1 Å². The van der Waals surface area contributed by atoms with E-state index in [1.807, 2.05) is 54.6 Å². The number of para-hydroxylation sites is 1. The number of allylic oxidation sites excluding steroid dienone is 1. The predicted octanol–water partition coefficient (Wildman–Crippen LogP) is 6.67. The molecular weight excluding hydrogens is 401 g/mol. The number of benzene rings is 3. The Bertz CT molecular complexity index is 1160. The van der Waals surface area contributed by atoms with Crippen molar-refractivity contribution in [2.75, 3.05) is 5.32 Å². The number of halogens is 1. The van der Waals surface area contributed by atoms with Gasteiger partial charge in [-0.05, 0) is 42.0 Å². The molecule has 0 radical (unpaired) electrons. The SMILES string of the molecule is N#CC(=C(Nc1ccc(F)cc1)SCc1ccccc1)c1nc2ccccc2s1. The zero-order valence-electron chi connectivity index (χ0n) is 15.3. The second-order valence-corrected chi connectivity index (χ2v) is 8.23. The summed E-state index contributed by atoms with van der Waals surface area (Å²) in [6.45, 7) is 0. The zero-order chi connectivity index (χ0) is 20.1. The molecule has 0 atom stereocenters. The van der Waals surface area contributed by atoms with Crippen molar-refractivity contribution in [2.24, 2.45) is 0 Å². The molecule has 4 aromatic rings. The molecule has 1 aromatic heterocycles. The van der Waals surface area contributed by atoms with Crippen molar-refractivity contribution in [2.45, 2.75) is 5.75 Å². The maximum atomic E-state index is 13.3. The molecule has 0 bridgehead atoms. The van der Waals surface area contributed by atoms with Crippen molar-refractivity contribution < 1.29 is 4.39 Å². The first-order valence-corrected chi connectivity index (χ1v) is 10.7. The van der Waals surface area contributed by atoms with Gasteiger partial charge in [0.15, 0.2) is 0 Å². The van der Waals surface area contributed by atoms with Gasteiger partial charge in [0.25, 0.3) is 0 Å². The second-order valence-electron chi connectivity index (χ2n) is 6.21. The van der Waals surface area contributed by atoms with Gasteiger partial charge in [-0.3, -0.25) is 0 Å². The summed E-state index contributed by atoms with van der Waals surface area (Å²) < 4.78 is 14.3. The Morgan fingerprint density at radius 1 is 1.00 bits per heavy atom. The molecule has 4 rings (SSSR count). The zero-order valence-corrected chi connectivity index (χ0v) is 16.9. The molecule has 6 heteroatoms. The van der Waals surface area contributed by atoms with Crippen molar-refractivity contribution in [1.82, 2.24) is 4.98 Å². The lowest BCUT2D eigenvalue weighted by molar-refractivity contribution is 0.628. The van der Waals surface area contributed by atoms with Gasteiger partial charge < -0.3 is 5.32 Å². The molecule has 0 amide bonds. The average molecular weight is 418 g/mol. The van der Waals surface area contributed by atoms with Gasteiger partial charge >= 0.3 is 0 Å². The number of nitrogens with one attached hydrogen (secondary N) is 1. The summed E-state index contributed by atoms with van der Waals surface area (Å²) in [6.07, 6.45) is 0. The molecule has 3 nitrogen and oxygen atoms in total. The molecular formula is C23H16FN3S2. The minimum Gasteiger partial charge on any atom is -0.349 e. The Morgan fingerprint density at radius 3 is 2.45 bits per heavy atom. The summed E-state index contributed by atoms with van der Waals surface area (Å²) in [6, 6.07) is 26.3. The van der Waals surface area contributed by atoms with Crippen molar-refractivity contribution >= 4 is 44.6 Å². The number of thiazole rings is 1. The van der Waals surface area contributed by atoms with E-state index < -0.39 is 0 Å². The molecule has 3 aromatic carbocycles. The van der Waals surface area contributed by atoms with Gasteiger partial charge in [-0.15, -0.1) is 23.1 Å². The van der Waals surface area contributed by atoms with Gasteiger partial charge in [-0.1, -0.05) is 42.5 Å². The van der Waals surface area contributed by atoms with Crippen LogP contribution < -0.4 is 5.32 Å². The summed E-state index contributed by atoms with van der Waals surface area (Å²) in [7, 11) is 0. The lowest BCUT2D eigenvalue weighted by Crippen LogP contribution is -2.01. The third-order valence-corrected chi connectivity index (χ3v) is 6.30. The van der Waals surface area contributed by atoms with E-state index >= 15 is 0 Å². The lowest BCUT2D eigenvalue weighted by atomic mass is 10.2. The molecule has 0 spiro atoms. The van der Waals surface area contributed by atoms with Gasteiger partial charge in [0.1, 0.15) is 22.5 Å². The van der Waals surface area contributed by atoms with Gasteiger partial charge in [-0.2, -0.15) is 5.26 Å². The van der Waals surface area contributed by atoms with Crippen LogP contribution in [0, 0.1) is 17.1 Å². The van der Waals surface area contributed by atoms with Gasteiger partial charge in [-0.25, -0.2) is 9.37 Å². The fourth-order valence-corrected chi connectivity index (χ4v) is 4.75. The third kappa shape index (κ3) is 4.65. The molecule has 1 N–H and O–H groups in total. The molecule has 0 aliphatic rings. The van der Waals surface area contributed by atoms with Crippen LogP contribution in [-0.4, -0.2) is 4.98 Å². The summed E-state index contributed by atoms with van der Waals surface area (Å²) in [5.41, 5.74) is 3.22. The van der Waals surface area contributed by atoms with E-state index in [2.05, 4.69) is 16.4 Å². The molecule has 0 saturated heterocycles. The topological polar surface area (TPSA) is 48.7 Å². The standard InChI is InChI=1S/C23H16FN3S2/c24-17-10-12-18(13-11-17)26-22(28-15-16-6-2-1-3-7-16)19(14-25)23-27-20-8-4-5-9-21(20)29-23/h1-13,26H,15H2. The summed E-state index contributed by atoms with van der Waals surface area (Å²) in [4.78, 5) is 4.64. The first-order valence-electron chi connectivity index (χ1n) is 8.92. The van der Waals surface area contributed by atoms with Crippen LogP contribution in [0.25, 0.3) is 15.8 Å². The van der Waals surface area contributed by atoms with E-state index in [9.17, 15) is 9.65 Å². The number of thioether (sulfide) groups is 1. The van der Waals surface area contributed by atoms with Crippen molar-refractivity contribution in [3.05, 3.63) is 100 Å². The first-order chi connectivity index (χ1) is 14.2. The van der Waals surface area contributed by atoms with Crippen molar-refractivity contribution in [3.63, 3.8) is 0 Å². The molecule has 142 valence electrons. The van der Waals surface area contributed by atoms with E-state index in [0.717, 1.165) is 21.5 Å². The van der Waals surface area contributed by atoms with E-state index in [0.29, 0.717) is 21.4 Å². The van der Waals surface area contributed by atoms with Crippen LogP contribution in [0.5, 0.6) is 0 Å². The largest absolute Gasteiger partial charge is 0.349 e. The molecule has 29 heavy (non-hydrogen) atoms. The minimum absolute atomic E-state index is 0.301. The summed E-state index contributed by atoms with van der Waals surface area (Å²) in [5.74, 6) is 0.394. The average Bonchev–Trinajstić information content (AvgIpc) is 3.18. The molecule has 0 aliphatic carbocycles. The van der Waals surface area contributed by atoms with Crippen molar-refractivity contribution in [1.29, 1.82) is 5.26 Å². The number of hydrogen-bond donors (Lipinski definition) is 1. The van der Waals surface area contributed by atoms with E-state index in [4.69, 9.17) is 0 Å². The first kappa shape index (κ1) is 19.2. The number of nitriles is 1. The van der Waals surface area contributed by atoms with Crippen LogP contribution in [0.3, 0.4) is 0 Å². The van der Waals surface area contributed by atoms with Crippen LogP contribution in [0.4, 0.5) is 10.1 Å². The number of fused-ring (bicyclic) bond motifs is 1. The highest BCUT2D eigenvalue weighted by atomic mass is 32.2. The van der Waals surface area contributed by atoms with Crippen LogP contribution in [-0.2, 0) is 5.75 Å².